The summed E-state index contributed by atoms with van der Waals surface area (Å²) in [7, 11) is 0. The minimum absolute atomic E-state index is 0.0228. The van der Waals surface area contributed by atoms with Gasteiger partial charge in [0.1, 0.15) is 0 Å². The Morgan fingerprint density at radius 1 is 1.14 bits per heavy atom. The van der Waals surface area contributed by atoms with Gasteiger partial charge in [-0.1, -0.05) is 47.2 Å². The molecule has 0 aliphatic carbocycles. The van der Waals surface area contributed by atoms with E-state index in [0.29, 0.717) is 11.6 Å². The van der Waals surface area contributed by atoms with E-state index in [1.54, 1.807) is 0 Å². The van der Waals surface area contributed by atoms with E-state index in [-0.39, 0.29) is 5.91 Å². The fraction of sp³-hybridized carbons (Fsp3) is 0.222. The quantitative estimate of drug-likeness (QED) is 0.779. The number of rotatable bonds is 3. The summed E-state index contributed by atoms with van der Waals surface area (Å²) < 4.78 is 1.10. The summed E-state index contributed by atoms with van der Waals surface area (Å²) in [6.07, 6.45) is 0.377. The van der Waals surface area contributed by atoms with Gasteiger partial charge in [0.05, 0.1) is 16.6 Å². The van der Waals surface area contributed by atoms with Gasteiger partial charge in [-0.05, 0) is 43.5 Å². The molecule has 1 heterocycles. The molecule has 0 unspecified atom stereocenters. The van der Waals surface area contributed by atoms with Gasteiger partial charge in [0.25, 0.3) is 0 Å². The van der Waals surface area contributed by atoms with Gasteiger partial charge in [-0.25, -0.2) is 4.98 Å². The highest BCUT2D eigenvalue weighted by Crippen LogP contribution is 2.28. The molecular formula is C18H18N2OS. The first kappa shape index (κ1) is 14.7. The highest BCUT2D eigenvalue weighted by atomic mass is 32.1. The van der Waals surface area contributed by atoms with E-state index in [9.17, 15) is 4.79 Å². The lowest BCUT2D eigenvalue weighted by atomic mass is 10.0. The van der Waals surface area contributed by atoms with Crippen LogP contribution in [0.1, 0.15) is 22.3 Å². The topological polar surface area (TPSA) is 42.0 Å². The van der Waals surface area contributed by atoms with Crippen molar-refractivity contribution in [1.82, 2.24) is 4.98 Å². The Kier molecular flexibility index (Phi) is 3.94. The fourth-order valence-electron chi connectivity index (χ4n) is 2.47. The van der Waals surface area contributed by atoms with Gasteiger partial charge in [0, 0.05) is 0 Å². The van der Waals surface area contributed by atoms with E-state index >= 15 is 0 Å². The van der Waals surface area contributed by atoms with Crippen LogP contribution in [0.15, 0.2) is 36.4 Å². The minimum atomic E-state index is -0.0228. The predicted octanol–water partition coefficient (Wildman–Crippen LogP) is 4.40. The first-order chi connectivity index (χ1) is 10.5. The lowest BCUT2D eigenvalue weighted by Crippen LogP contribution is -2.14. The third-order valence-electron chi connectivity index (χ3n) is 3.72. The second-order valence-electron chi connectivity index (χ2n) is 5.60. The van der Waals surface area contributed by atoms with Crippen molar-refractivity contribution >= 4 is 32.6 Å². The number of carbonyl (C=O) groups is 1. The Bertz CT molecular complexity index is 851. The second kappa shape index (κ2) is 5.89. The maximum absolute atomic E-state index is 12.3. The standard InChI is InChI=1S/C18H18N2OS/c1-11-7-8-12(2)14(9-11)10-16(21)19-18-20-17-13(3)5-4-6-15(17)22-18/h4-9H,10H2,1-3H3,(H,19,20,21). The average molecular weight is 310 g/mol. The first-order valence-corrected chi connectivity index (χ1v) is 8.07. The summed E-state index contributed by atoms with van der Waals surface area (Å²) in [4.78, 5) is 16.8. The molecule has 112 valence electrons. The molecule has 0 aliphatic rings. The molecule has 0 spiro atoms. The summed E-state index contributed by atoms with van der Waals surface area (Å²) in [5.74, 6) is -0.0228. The number of anilines is 1. The number of aromatic nitrogens is 1. The summed E-state index contributed by atoms with van der Waals surface area (Å²) in [5, 5.41) is 3.59. The molecule has 0 fully saturated rings. The molecule has 0 bridgehead atoms. The first-order valence-electron chi connectivity index (χ1n) is 7.25. The average Bonchev–Trinajstić information content (AvgIpc) is 2.86. The number of thiazole rings is 1. The van der Waals surface area contributed by atoms with Crippen molar-refractivity contribution in [2.24, 2.45) is 0 Å². The molecule has 0 saturated carbocycles. The van der Waals surface area contributed by atoms with E-state index in [0.717, 1.165) is 26.9 Å². The number of hydrogen-bond donors (Lipinski definition) is 1. The van der Waals surface area contributed by atoms with Crippen LogP contribution in [0.3, 0.4) is 0 Å². The van der Waals surface area contributed by atoms with Crippen LogP contribution >= 0.6 is 11.3 Å². The molecule has 0 saturated heterocycles. The molecule has 2 aromatic carbocycles. The van der Waals surface area contributed by atoms with E-state index in [1.165, 1.54) is 16.9 Å². The highest BCUT2D eigenvalue weighted by molar-refractivity contribution is 7.22. The summed E-state index contributed by atoms with van der Waals surface area (Å²) in [5.41, 5.74) is 5.47. The molecule has 0 radical (unpaired) electrons. The molecular weight excluding hydrogens is 292 g/mol. The molecule has 3 nitrogen and oxygen atoms in total. The molecule has 1 N–H and O–H groups in total. The van der Waals surface area contributed by atoms with Gasteiger partial charge < -0.3 is 5.32 Å². The van der Waals surface area contributed by atoms with E-state index < -0.39 is 0 Å². The van der Waals surface area contributed by atoms with E-state index in [1.807, 2.05) is 39.0 Å². The Morgan fingerprint density at radius 3 is 2.73 bits per heavy atom. The van der Waals surface area contributed by atoms with Crippen molar-refractivity contribution in [2.75, 3.05) is 5.32 Å². The smallest absolute Gasteiger partial charge is 0.230 e. The van der Waals surface area contributed by atoms with Crippen LogP contribution in [0.2, 0.25) is 0 Å². The van der Waals surface area contributed by atoms with E-state index in [2.05, 4.69) is 28.5 Å². The van der Waals surface area contributed by atoms with Gasteiger partial charge >= 0.3 is 0 Å². The third-order valence-corrected chi connectivity index (χ3v) is 4.66. The molecule has 1 aromatic heterocycles. The number of carbonyl (C=O) groups excluding carboxylic acids is 1. The van der Waals surface area contributed by atoms with Crippen LogP contribution < -0.4 is 5.32 Å². The van der Waals surface area contributed by atoms with Crippen molar-refractivity contribution in [3.8, 4) is 0 Å². The zero-order chi connectivity index (χ0) is 15.7. The number of nitrogens with one attached hydrogen (secondary N) is 1. The van der Waals surface area contributed by atoms with Crippen LogP contribution in [0.5, 0.6) is 0 Å². The van der Waals surface area contributed by atoms with Gasteiger partial charge in [0.2, 0.25) is 5.91 Å². The third kappa shape index (κ3) is 3.02. The van der Waals surface area contributed by atoms with Crippen LogP contribution in [0.4, 0.5) is 5.13 Å². The lowest BCUT2D eigenvalue weighted by molar-refractivity contribution is -0.115. The van der Waals surface area contributed by atoms with Crippen molar-refractivity contribution in [3.05, 3.63) is 58.7 Å². The van der Waals surface area contributed by atoms with Crippen molar-refractivity contribution < 1.29 is 4.79 Å². The molecule has 3 aromatic rings. The van der Waals surface area contributed by atoms with Gasteiger partial charge in [-0.2, -0.15) is 0 Å². The Morgan fingerprint density at radius 2 is 1.95 bits per heavy atom. The summed E-state index contributed by atoms with van der Waals surface area (Å²) in [6, 6.07) is 12.3. The number of fused-ring (bicyclic) bond motifs is 1. The van der Waals surface area contributed by atoms with Crippen molar-refractivity contribution in [3.63, 3.8) is 0 Å². The monoisotopic (exact) mass is 310 g/mol. The van der Waals surface area contributed by atoms with Gasteiger partial charge in [0.15, 0.2) is 5.13 Å². The Labute approximate surface area is 134 Å². The number of aryl methyl sites for hydroxylation is 3. The van der Waals surface area contributed by atoms with Crippen molar-refractivity contribution in [2.45, 2.75) is 27.2 Å². The number of nitrogens with zero attached hydrogens (tertiary/aromatic N) is 1. The molecule has 0 atom stereocenters. The fourth-order valence-corrected chi connectivity index (χ4v) is 3.43. The zero-order valence-electron chi connectivity index (χ0n) is 12.9. The molecule has 0 aliphatic heterocycles. The highest BCUT2D eigenvalue weighted by Gasteiger charge is 2.11. The molecule has 22 heavy (non-hydrogen) atoms. The van der Waals surface area contributed by atoms with Crippen LogP contribution in [-0.4, -0.2) is 10.9 Å². The molecule has 1 amide bonds. The molecule has 3 rings (SSSR count). The number of para-hydroxylation sites is 1. The van der Waals surface area contributed by atoms with Gasteiger partial charge in [-0.15, -0.1) is 0 Å². The van der Waals surface area contributed by atoms with E-state index in [4.69, 9.17) is 0 Å². The Hall–Kier alpha value is -2.20. The summed E-state index contributed by atoms with van der Waals surface area (Å²) >= 11 is 1.51. The number of benzene rings is 2. The SMILES string of the molecule is Cc1ccc(C)c(CC(=O)Nc2nc3c(C)cccc3s2)c1. The largest absolute Gasteiger partial charge is 0.302 e. The number of amides is 1. The van der Waals surface area contributed by atoms with Crippen LogP contribution in [0, 0.1) is 20.8 Å². The lowest BCUT2D eigenvalue weighted by Gasteiger charge is -2.06. The number of hydrogen-bond acceptors (Lipinski definition) is 3. The minimum Gasteiger partial charge on any atom is -0.302 e. The predicted molar refractivity (Wildman–Crippen MR) is 92.6 cm³/mol. The summed E-state index contributed by atoms with van der Waals surface area (Å²) in [6.45, 7) is 6.10. The normalized spacial score (nSPS) is 10.9. The van der Waals surface area contributed by atoms with Crippen LogP contribution in [-0.2, 0) is 11.2 Å². The Balaban J connectivity index is 1.78. The van der Waals surface area contributed by atoms with Crippen LogP contribution in [0.25, 0.3) is 10.2 Å². The molecule has 4 heteroatoms. The maximum atomic E-state index is 12.3. The zero-order valence-corrected chi connectivity index (χ0v) is 13.8. The maximum Gasteiger partial charge on any atom is 0.230 e. The van der Waals surface area contributed by atoms with Crippen molar-refractivity contribution in [1.29, 1.82) is 0 Å². The van der Waals surface area contributed by atoms with Gasteiger partial charge in [-0.3, -0.25) is 4.79 Å². The second-order valence-corrected chi connectivity index (χ2v) is 6.63.